The molecule has 0 radical (unpaired) electrons. The molecule has 1 aliphatic heterocycles. The first-order valence-electron chi connectivity index (χ1n) is 9.52. The van der Waals surface area contributed by atoms with Gasteiger partial charge >= 0.3 is 0 Å². The lowest BCUT2D eigenvalue weighted by atomic mass is 10.0. The molecule has 0 spiro atoms. The lowest BCUT2D eigenvalue weighted by Gasteiger charge is -2.36. The van der Waals surface area contributed by atoms with Gasteiger partial charge in [-0.3, -0.25) is 4.99 Å². The summed E-state index contributed by atoms with van der Waals surface area (Å²) in [6.07, 6.45) is 2.22. The number of hydrogen-bond donors (Lipinski definition) is 3. The van der Waals surface area contributed by atoms with Gasteiger partial charge < -0.3 is 20.9 Å². The smallest absolute Gasteiger partial charge is 0.191 e. The van der Waals surface area contributed by atoms with Crippen molar-refractivity contribution in [1.82, 2.24) is 16.0 Å². The van der Waals surface area contributed by atoms with Crippen LogP contribution in [0.15, 0.2) is 23.2 Å². The molecule has 2 rings (SSSR count). The highest BCUT2D eigenvalue weighted by atomic mass is 19.1. The highest BCUT2D eigenvalue weighted by Crippen LogP contribution is 2.24. The standard InChI is InChI=1S/C20H34FN5/c1-15-13-16(21)8-9-18(15)26-12-6-7-17(14-26)25-19(22-5)23-10-11-24-20(2,3)4/h8-9,13,17,24H,6-7,10-12,14H2,1-5H3,(H2,22,23,25). The van der Waals surface area contributed by atoms with Crippen LogP contribution in [-0.4, -0.2) is 50.8 Å². The first-order valence-corrected chi connectivity index (χ1v) is 9.52. The maximum absolute atomic E-state index is 13.4. The molecule has 1 aromatic rings. The van der Waals surface area contributed by atoms with Gasteiger partial charge in [-0.1, -0.05) is 0 Å². The van der Waals surface area contributed by atoms with Crippen molar-refractivity contribution in [1.29, 1.82) is 0 Å². The Balaban J connectivity index is 1.86. The number of halogens is 1. The Kier molecular flexibility index (Phi) is 7.26. The van der Waals surface area contributed by atoms with Crippen molar-refractivity contribution in [2.24, 2.45) is 4.99 Å². The Labute approximate surface area is 157 Å². The minimum Gasteiger partial charge on any atom is -0.369 e. The molecular weight excluding hydrogens is 329 g/mol. The van der Waals surface area contributed by atoms with Gasteiger partial charge in [-0.2, -0.15) is 0 Å². The molecule has 1 atom stereocenters. The van der Waals surface area contributed by atoms with E-state index in [4.69, 9.17) is 0 Å². The topological polar surface area (TPSA) is 51.7 Å². The van der Waals surface area contributed by atoms with Gasteiger partial charge in [0.05, 0.1) is 0 Å². The van der Waals surface area contributed by atoms with E-state index >= 15 is 0 Å². The Morgan fingerprint density at radius 1 is 1.31 bits per heavy atom. The van der Waals surface area contributed by atoms with Crippen molar-refractivity contribution < 1.29 is 4.39 Å². The summed E-state index contributed by atoms with van der Waals surface area (Å²) in [6, 6.07) is 5.37. The number of aliphatic imine (C=N–C) groups is 1. The summed E-state index contributed by atoms with van der Waals surface area (Å²) < 4.78 is 13.4. The molecule has 3 N–H and O–H groups in total. The molecule has 6 heteroatoms. The number of nitrogens with zero attached hydrogens (tertiary/aromatic N) is 2. The predicted molar refractivity (Wildman–Crippen MR) is 109 cm³/mol. The second-order valence-electron chi connectivity index (χ2n) is 8.04. The molecule has 1 aliphatic rings. The van der Waals surface area contributed by atoms with Crippen molar-refractivity contribution in [3.8, 4) is 0 Å². The SMILES string of the molecule is CN=C(NCCNC(C)(C)C)NC1CCCN(c2ccc(F)cc2C)C1. The van der Waals surface area contributed by atoms with E-state index in [1.807, 2.05) is 13.0 Å². The van der Waals surface area contributed by atoms with Crippen LogP contribution >= 0.6 is 0 Å². The van der Waals surface area contributed by atoms with Crippen molar-refractivity contribution >= 4 is 11.6 Å². The number of rotatable bonds is 5. The van der Waals surface area contributed by atoms with Gasteiger partial charge in [0.25, 0.3) is 0 Å². The third kappa shape index (κ3) is 6.48. The van der Waals surface area contributed by atoms with Gasteiger partial charge in [0, 0.05) is 50.5 Å². The van der Waals surface area contributed by atoms with Crippen molar-refractivity contribution in [3.05, 3.63) is 29.6 Å². The van der Waals surface area contributed by atoms with Crippen LogP contribution in [0.2, 0.25) is 0 Å². The van der Waals surface area contributed by atoms with E-state index in [1.54, 1.807) is 19.2 Å². The van der Waals surface area contributed by atoms with Gasteiger partial charge in [0.2, 0.25) is 0 Å². The van der Waals surface area contributed by atoms with Gasteiger partial charge in [-0.25, -0.2) is 4.39 Å². The third-order valence-corrected chi connectivity index (χ3v) is 4.56. The molecular formula is C20H34FN5. The monoisotopic (exact) mass is 363 g/mol. The molecule has 1 saturated heterocycles. The van der Waals surface area contributed by atoms with Gasteiger partial charge in [-0.15, -0.1) is 0 Å². The van der Waals surface area contributed by atoms with Crippen molar-refractivity contribution in [2.75, 3.05) is 38.1 Å². The van der Waals surface area contributed by atoms with E-state index in [0.29, 0.717) is 6.04 Å². The molecule has 5 nitrogen and oxygen atoms in total. The lowest BCUT2D eigenvalue weighted by Crippen LogP contribution is -2.52. The summed E-state index contributed by atoms with van der Waals surface area (Å²) in [5.41, 5.74) is 2.23. The Bertz CT molecular complexity index is 609. The van der Waals surface area contributed by atoms with Gasteiger partial charge in [0.1, 0.15) is 5.82 Å². The summed E-state index contributed by atoms with van der Waals surface area (Å²) in [6.45, 7) is 12.1. The van der Waals surface area contributed by atoms with Gasteiger partial charge in [0.15, 0.2) is 5.96 Å². The zero-order valence-corrected chi connectivity index (χ0v) is 16.8. The predicted octanol–water partition coefficient (Wildman–Crippen LogP) is 2.66. The molecule has 0 aromatic heterocycles. The minimum atomic E-state index is -0.175. The summed E-state index contributed by atoms with van der Waals surface area (Å²) >= 11 is 0. The second-order valence-corrected chi connectivity index (χ2v) is 8.04. The molecule has 26 heavy (non-hydrogen) atoms. The maximum atomic E-state index is 13.4. The van der Waals surface area contributed by atoms with Crippen LogP contribution < -0.4 is 20.9 Å². The van der Waals surface area contributed by atoms with Crippen LogP contribution in [0.4, 0.5) is 10.1 Å². The molecule has 0 saturated carbocycles. The van der Waals surface area contributed by atoms with E-state index in [1.165, 1.54) is 0 Å². The molecule has 0 bridgehead atoms. The number of benzene rings is 1. The maximum Gasteiger partial charge on any atom is 0.191 e. The van der Waals surface area contributed by atoms with Crippen molar-refractivity contribution in [2.45, 2.75) is 52.1 Å². The summed E-state index contributed by atoms with van der Waals surface area (Å²) in [5, 5.41) is 10.4. The number of piperidine rings is 1. The van der Waals surface area contributed by atoms with Crippen LogP contribution in [0, 0.1) is 12.7 Å². The summed E-state index contributed by atoms with van der Waals surface area (Å²) in [7, 11) is 1.80. The van der Waals surface area contributed by atoms with E-state index < -0.39 is 0 Å². The average molecular weight is 364 g/mol. The zero-order chi connectivity index (χ0) is 19.2. The molecule has 1 heterocycles. The fourth-order valence-electron chi connectivity index (χ4n) is 3.29. The quantitative estimate of drug-likeness (QED) is 0.428. The minimum absolute atomic E-state index is 0.121. The van der Waals surface area contributed by atoms with Crippen LogP contribution in [0.5, 0.6) is 0 Å². The molecule has 1 aromatic carbocycles. The third-order valence-electron chi connectivity index (χ3n) is 4.56. The summed E-state index contributed by atoms with van der Waals surface area (Å²) in [4.78, 5) is 6.68. The number of guanidine groups is 1. The molecule has 1 fully saturated rings. The Morgan fingerprint density at radius 3 is 2.73 bits per heavy atom. The normalized spacial score (nSPS) is 18.8. The molecule has 146 valence electrons. The fraction of sp³-hybridized carbons (Fsp3) is 0.650. The highest BCUT2D eigenvalue weighted by molar-refractivity contribution is 5.80. The van der Waals surface area contributed by atoms with Crippen LogP contribution in [-0.2, 0) is 0 Å². The number of nitrogens with one attached hydrogen (secondary N) is 3. The molecule has 1 unspecified atom stereocenters. The first-order chi connectivity index (χ1) is 12.3. The van der Waals surface area contributed by atoms with Crippen LogP contribution in [0.25, 0.3) is 0 Å². The van der Waals surface area contributed by atoms with E-state index in [0.717, 1.165) is 56.2 Å². The fourth-order valence-corrected chi connectivity index (χ4v) is 3.29. The highest BCUT2D eigenvalue weighted by Gasteiger charge is 2.22. The number of hydrogen-bond acceptors (Lipinski definition) is 3. The molecule has 0 aliphatic carbocycles. The summed E-state index contributed by atoms with van der Waals surface area (Å²) in [5.74, 6) is 0.662. The van der Waals surface area contributed by atoms with E-state index in [2.05, 4.69) is 46.6 Å². The Hall–Kier alpha value is -1.82. The first kappa shape index (κ1) is 20.5. The van der Waals surface area contributed by atoms with Crippen LogP contribution in [0.3, 0.4) is 0 Å². The van der Waals surface area contributed by atoms with Crippen molar-refractivity contribution in [3.63, 3.8) is 0 Å². The van der Waals surface area contributed by atoms with Gasteiger partial charge in [-0.05, 0) is 64.3 Å². The number of anilines is 1. The largest absolute Gasteiger partial charge is 0.369 e. The number of aryl methyl sites for hydroxylation is 1. The lowest BCUT2D eigenvalue weighted by molar-refractivity contribution is 0.426. The van der Waals surface area contributed by atoms with E-state index in [-0.39, 0.29) is 11.4 Å². The van der Waals surface area contributed by atoms with Crippen LogP contribution in [0.1, 0.15) is 39.2 Å². The average Bonchev–Trinajstić information content (AvgIpc) is 2.57. The van der Waals surface area contributed by atoms with E-state index in [9.17, 15) is 4.39 Å². The Morgan fingerprint density at radius 2 is 2.08 bits per heavy atom. The molecule has 0 amide bonds. The second kappa shape index (κ2) is 9.21. The zero-order valence-electron chi connectivity index (χ0n) is 16.8.